The van der Waals surface area contributed by atoms with Gasteiger partial charge in [0.2, 0.25) is 53.2 Å². The molecule has 1 aromatic rings. The van der Waals surface area contributed by atoms with Crippen LogP contribution in [0.25, 0.3) is 0 Å². The fraction of sp³-hybridized carbons (Fsp3) is 0.698. The van der Waals surface area contributed by atoms with Gasteiger partial charge in [0.25, 0.3) is 5.91 Å². The largest absolute Gasteiger partial charge is 0.543 e. The van der Waals surface area contributed by atoms with E-state index in [9.17, 15) is 62.3 Å². The van der Waals surface area contributed by atoms with Crippen LogP contribution in [0.5, 0.6) is 0 Å². The second-order valence-corrected chi connectivity index (χ2v) is 30.1. The minimum absolute atomic E-state index is 0.0888. The third-order valence-electron chi connectivity index (χ3n) is 15.3. The summed E-state index contributed by atoms with van der Waals surface area (Å²) in [5, 5.41) is 27.6. The molecule has 1 aliphatic rings. The summed E-state index contributed by atoms with van der Waals surface area (Å²) >= 11 is 0. The lowest BCUT2D eigenvalue weighted by atomic mass is 9.67. The zero-order valence-corrected chi connectivity index (χ0v) is 60.2. The molecule has 0 aromatic heterocycles. The van der Waals surface area contributed by atoms with E-state index in [0.717, 1.165) is 7.11 Å². The van der Waals surface area contributed by atoms with Gasteiger partial charge in [-0.3, -0.25) is 47.9 Å². The Hall–Kier alpha value is -7.77. The normalized spacial score (nSPS) is 16.4. The van der Waals surface area contributed by atoms with Crippen LogP contribution in [0.1, 0.15) is 186 Å². The molecule has 94 heavy (non-hydrogen) atoms. The average Bonchev–Trinajstić information content (AvgIpc) is 1.58. The first-order valence-corrected chi connectivity index (χ1v) is 30.9. The van der Waals surface area contributed by atoms with Gasteiger partial charge in [-0.2, -0.15) is 0 Å². The summed E-state index contributed by atoms with van der Waals surface area (Å²) in [6.07, 6.45) is -4.18. The van der Waals surface area contributed by atoms with E-state index in [4.69, 9.17) is 28.2 Å². The molecule has 1 aliphatic heterocycles. The van der Waals surface area contributed by atoms with Gasteiger partial charge in [-0.25, -0.2) is 14.4 Å². The fourth-order valence-electron chi connectivity index (χ4n) is 8.65. The predicted octanol–water partition coefficient (Wildman–Crippen LogP) is -0.871. The Morgan fingerprint density at radius 1 is 0.394 bits per heavy atom. The number of hydrogen-bond acceptors (Lipinski definition) is 19. The van der Waals surface area contributed by atoms with Crippen LogP contribution in [0.2, 0.25) is 0 Å². The van der Waals surface area contributed by atoms with Crippen molar-refractivity contribution in [3.05, 3.63) is 29.8 Å². The number of hydrogen-bond donors (Lipinski definition) is 11. The Bertz CT molecular complexity index is 3060. The maximum absolute atomic E-state index is 14.1. The molecule has 530 valence electrons. The van der Waals surface area contributed by atoms with Crippen molar-refractivity contribution in [2.75, 3.05) is 14.2 Å². The van der Waals surface area contributed by atoms with Gasteiger partial charge in [-0.15, -0.1) is 5.46 Å². The van der Waals surface area contributed by atoms with Gasteiger partial charge in [-0.05, 0) is 193 Å². The van der Waals surface area contributed by atoms with E-state index in [0.29, 0.717) is 11.0 Å². The number of amides is 10. The third-order valence-corrected chi connectivity index (χ3v) is 15.3. The minimum atomic E-state index is -2.98. The van der Waals surface area contributed by atoms with Gasteiger partial charge in [0.1, 0.15) is 67.6 Å². The monoisotopic (exact) mass is 1330 g/mol. The molecule has 0 radical (unpaired) electrons. The first kappa shape index (κ1) is 82.3. The number of carbonyl (C=O) groups is 13. The van der Waals surface area contributed by atoms with Crippen LogP contribution in [0.4, 0.5) is 0 Å². The summed E-state index contributed by atoms with van der Waals surface area (Å²) in [5.74, 6) is -10.4. The Morgan fingerprint density at radius 3 is 0.862 bits per heavy atom. The molecular formula is C63H106BN11O19. The van der Waals surface area contributed by atoms with Crippen LogP contribution in [-0.4, -0.2) is 183 Å². The molecule has 0 bridgehead atoms. The van der Waals surface area contributed by atoms with E-state index in [2.05, 4.69) is 53.2 Å². The Labute approximate surface area is 552 Å². The number of nitrogens with one attached hydrogen (secondary N) is 10. The van der Waals surface area contributed by atoms with Crippen molar-refractivity contribution in [1.29, 1.82) is 0 Å². The molecule has 1 aromatic carbocycles. The second-order valence-electron chi connectivity index (χ2n) is 30.1. The molecule has 3 atom stereocenters. The number of benzene rings is 1. The number of ether oxygens (including phenoxy) is 3. The number of rotatable bonds is 30. The molecule has 1 fully saturated rings. The van der Waals surface area contributed by atoms with Gasteiger partial charge in [-0.1, -0.05) is 24.3 Å². The van der Waals surface area contributed by atoms with Crippen LogP contribution in [0, 0.1) is 0 Å². The molecule has 0 aliphatic carbocycles. The number of nitrogens with two attached hydrogens (primary N) is 1. The van der Waals surface area contributed by atoms with Crippen molar-refractivity contribution in [3.63, 3.8) is 0 Å². The van der Waals surface area contributed by atoms with Crippen molar-refractivity contribution < 1.29 is 95.8 Å². The highest BCUT2D eigenvalue weighted by atomic mass is 16.8. The minimum Gasteiger partial charge on any atom is -0.543 e. The quantitative estimate of drug-likeness (QED) is 0.0193. The van der Waals surface area contributed by atoms with E-state index in [1.807, 2.05) is 0 Å². The average molecular weight is 1330 g/mol. The summed E-state index contributed by atoms with van der Waals surface area (Å²) in [5.41, 5.74) is -17.2. The maximum Gasteiger partial charge on any atom is 0.411 e. The summed E-state index contributed by atoms with van der Waals surface area (Å²) in [6.45, 7) is 34.3. The molecule has 2 rings (SSSR count). The van der Waals surface area contributed by atoms with E-state index < -0.39 is 169 Å². The molecule has 31 heteroatoms. The first-order valence-electron chi connectivity index (χ1n) is 30.9. The maximum atomic E-state index is 14.1. The summed E-state index contributed by atoms with van der Waals surface area (Å²) < 4.78 is 33.7. The van der Waals surface area contributed by atoms with Crippen LogP contribution in [0.3, 0.4) is 0 Å². The highest BCUT2D eigenvalue weighted by Gasteiger charge is 2.54. The molecular weight excluding hydrogens is 1230 g/mol. The van der Waals surface area contributed by atoms with E-state index in [-0.39, 0.29) is 6.54 Å². The molecule has 0 unspecified atom stereocenters. The molecule has 12 N–H and O–H groups in total. The summed E-state index contributed by atoms with van der Waals surface area (Å²) in [6, 6.07) is 6.77. The summed E-state index contributed by atoms with van der Waals surface area (Å²) in [7, 11) is 2.46. The lowest BCUT2D eigenvalue weighted by molar-refractivity contribution is -0.720. The van der Waals surface area contributed by atoms with Gasteiger partial charge in [0.15, 0.2) is 5.54 Å². The molecule has 30 nitrogen and oxygen atoms in total. The Morgan fingerprint density at radius 2 is 0.628 bits per heavy atom. The van der Waals surface area contributed by atoms with Crippen LogP contribution < -0.4 is 63.9 Å². The van der Waals surface area contributed by atoms with Crippen molar-refractivity contribution in [1.82, 2.24) is 53.2 Å². The number of esters is 3. The van der Waals surface area contributed by atoms with Crippen molar-refractivity contribution >= 4 is 89.2 Å². The van der Waals surface area contributed by atoms with Crippen molar-refractivity contribution in [2.24, 2.45) is 0 Å². The van der Waals surface area contributed by atoms with E-state index >= 15 is 0 Å². The zero-order chi connectivity index (χ0) is 73.5. The molecule has 0 saturated carbocycles. The summed E-state index contributed by atoms with van der Waals surface area (Å²) in [4.78, 5) is 176. The van der Waals surface area contributed by atoms with Crippen LogP contribution >= 0.6 is 0 Å². The van der Waals surface area contributed by atoms with Crippen molar-refractivity contribution in [3.8, 4) is 0 Å². The first-order chi connectivity index (χ1) is 42.1. The molecule has 1 heterocycles. The highest BCUT2D eigenvalue weighted by Crippen LogP contribution is 2.30. The molecule has 0 spiro atoms. The van der Waals surface area contributed by atoms with Gasteiger partial charge in [0, 0.05) is 0 Å². The van der Waals surface area contributed by atoms with Crippen LogP contribution in [-0.2, 0) is 97.0 Å². The van der Waals surface area contributed by atoms with Crippen LogP contribution in [0.15, 0.2) is 24.3 Å². The lowest BCUT2D eigenvalue weighted by Crippen LogP contribution is -2.97. The molecule has 10 amide bonds. The number of carbonyl (C=O) groups excluding carboxylic acids is 13. The smallest absolute Gasteiger partial charge is 0.411 e. The van der Waals surface area contributed by atoms with E-state index in [1.165, 1.54) is 146 Å². The third kappa shape index (κ3) is 21.1. The predicted molar refractivity (Wildman–Crippen MR) is 345 cm³/mol. The molecule has 1 saturated heterocycles. The Kier molecular flexibility index (Phi) is 25.8. The van der Waals surface area contributed by atoms with E-state index in [1.54, 1.807) is 71.1 Å². The van der Waals surface area contributed by atoms with Crippen molar-refractivity contribution in [2.45, 2.75) is 272 Å². The number of methoxy groups -OCH3 is 1. The Balaban J connectivity index is 2.13. The topological polar surface area (TPSA) is 414 Å². The fourth-order valence-corrected chi connectivity index (χ4v) is 8.65. The van der Waals surface area contributed by atoms with Gasteiger partial charge in [0.05, 0.1) is 25.9 Å². The van der Waals surface area contributed by atoms with Gasteiger partial charge < -0.3 is 86.7 Å². The highest BCUT2D eigenvalue weighted by molar-refractivity contribution is 6.76. The second kappa shape index (κ2) is 29.5. The van der Waals surface area contributed by atoms with Gasteiger partial charge >= 0.3 is 24.7 Å². The lowest BCUT2D eigenvalue weighted by Gasteiger charge is -2.38. The number of quaternary nitrogens is 1. The standard InChI is InChI=1S/C63H105BN11O19/c1-34(2)91-40(76)38-39(41(77)92-35(3)4)94-64(90-28,93-38)37-32-30-29-31-36(37)33-65-53(5,6)42(78)66-54(7,8)43(79)67-55(9,10)44(80)68-56(11,12)45(81)69-57(13,14)46(82)70-58(15,16)47(83)71-59(17,18)48(84)72-60(19,20)49(85)73-61(21,22)50(86)74-62(23,24)51(87)75-63(25,26)52(88)89-27/h29-32,34-35,38-39,65H,33H2,1-28H3,(H,66,78)(H,67,79)(H,68,80)(H,69,81)(H,70,82)(H,71,83)(H,72,84)(H,73,85)(H,74,86)(H,75,87)/q-1/p+1/t38-,39-/m0/s1/i25+1/t38-,39-,63-. The zero-order valence-electron chi connectivity index (χ0n) is 60.2. The SMILES string of the molecule is COC(=O)[C@@](C)([13CH3])NC(=O)C(C)(C)NC(=O)C(C)(C)NC(=O)C(C)(C)NC(=O)C(C)(C)NC(=O)C(C)(C)NC(=O)C(C)(C)NC(=O)C(C)(C)NC(=O)C(C)(C)NC(=O)C(C)(C)NC(=O)C(C)(C)[NH2+]Cc1ccccc1[B-]1(OC)O[C@H](C(=O)OC(C)C)[C@@H](C(=O)OC(C)C)O1.